The quantitative estimate of drug-likeness (QED) is 0.748. The van der Waals surface area contributed by atoms with Crippen LogP contribution in [0.1, 0.15) is 44.0 Å². The third-order valence-corrected chi connectivity index (χ3v) is 4.35. The largest absolute Gasteiger partial charge is 0.369 e. The third-order valence-electron chi connectivity index (χ3n) is 4.04. The molecule has 1 aromatic carbocycles. The second kappa shape index (κ2) is 5.31. The predicted molar refractivity (Wildman–Crippen MR) is 76.7 cm³/mol. The molecular weight excluding hydrogens is 246 g/mol. The van der Waals surface area contributed by atoms with E-state index in [9.17, 15) is 4.79 Å². The number of hydrogen-bond donors (Lipinski definition) is 0. The van der Waals surface area contributed by atoms with Gasteiger partial charge < -0.3 is 4.90 Å². The highest BCUT2D eigenvalue weighted by Crippen LogP contribution is 2.31. The van der Waals surface area contributed by atoms with Crippen molar-refractivity contribution in [2.75, 3.05) is 11.4 Å². The summed E-state index contributed by atoms with van der Waals surface area (Å²) in [5.74, 6) is 0.719. The van der Waals surface area contributed by atoms with Crippen LogP contribution in [-0.2, 0) is 0 Å². The summed E-state index contributed by atoms with van der Waals surface area (Å²) in [6.45, 7) is 7.17. The number of halogens is 1. The molecule has 1 aliphatic heterocycles. The molecular formula is C15H20ClNO. The van der Waals surface area contributed by atoms with Gasteiger partial charge >= 0.3 is 0 Å². The molecule has 1 heterocycles. The fourth-order valence-corrected chi connectivity index (χ4v) is 2.98. The van der Waals surface area contributed by atoms with Crippen molar-refractivity contribution in [3.63, 3.8) is 0 Å². The SMILES string of the molecule is CC(=O)c1ccc(N2CCCC(C)C2C)cc1Cl. The zero-order chi connectivity index (χ0) is 13.3. The number of anilines is 1. The molecule has 1 fully saturated rings. The van der Waals surface area contributed by atoms with Crippen LogP contribution in [0.15, 0.2) is 18.2 Å². The molecule has 1 aliphatic rings. The van der Waals surface area contributed by atoms with Gasteiger partial charge in [0.25, 0.3) is 0 Å². The van der Waals surface area contributed by atoms with Gasteiger partial charge in [0.1, 0.15) is 0 Å². The Balaban J connectivity index is 2.28. The number of rotatable bonds is 2. The van der Waals surface area contributed by atoms with Crippen LogP contribution < -0.4 is 4.90 Å². The Morgan fingerprint density at radius 3 is 2.72 bits per heavy atom. The maximum absolute atomic E-state index is 11.4. The Hall–Kier alpha value is -1.02. The Morgan fingerprint density at radius 1 is 1.39 bits per heavy atom. The predicted octanol–water partition coefficient (Wildman–Crippen LogP) is 4.17. The van der Waals surface area contributed by atoms with Gasteiger partial charge in [-0.3, -0.25) is 4.79 Å². The van der Waals surface area contributed by atoms with Crippen LogP contribution in [0.3, 0.4) is 0 Å². The molecule has 98 valence electrons. The van der Waals surface area contributed by atoms with Crippen molar-refractivity contribution < 1.29 is 4.79 Å². The Bertz CT molecular complexity index is 458. The molecule has 2 nitrogen and oxygen atoms in total. The lowest BCUT2D eigenvalue weighted by atomic mass is 9.91. The smallest absolute Gasteiger partial charge is 0.161 e. The van der Waals surface area contributed by atoms with Crippen LogP contribution in [-0.4, -0.2) is 18.4 Å². The van der Waals surface area contributed by atoms with Crippen molar-refractivity contribution in [1.29, 1.82) is 0 Å². The van der Waals surface area contributed by atoms with Crippen LogP contribution >= 0.6 is 11.6 Å². The Labute approximate surface area is 114 Å². The highest BCUT2D eigenvalue weighted by Gasteiger charge is 2.25. The maximum Gasteiger partial charge on any atom is 0.161 e. The minimum Gasteiger partial charge on any atom is -0.369 e. The molecule has 2 atom stereocenters. The molecule has 0 radical (unpaired) electrons. The Morgan fingerprint density at radius 2 is 2.11 bits per heavy atom. The van der Waals surface area contributed by atoms with Crippen molar-refractivity contribution in [2.24, 2.45) is 5.92 Å². The molecule has 0 aliphatic carbocycles. The average Bonchev–Trinajstić information content (AvgIpc) is 2.32. The summed E-state index contributed by atoms with van der Waals surface area (Å²) in [7, 11) is 0. The van der Waals surface area contributed by atoms with Gasteiger partial charge in [0, 0.05) is 23.8 Å². The fraction of sp³-hybridized carbons (Fsp3) is 0.533. The minimum absolute atomic E-state index is 0.0200. The zero-order valence-corrected chi connectivity index (χ0v) is 12.0. The number of hydrogen-bond acceptors (Lipinski definition) is 2. The lowest BCUT2D eigenvalue weighted by Gasteiger charge is -2.39. The molecule has 18 heavy (non-hydrogen) atoms. The third kappa shape index (κ3) is 2.54. The Kier molecular flexibility index (Phi) is 3.96. The molecule has 2 rings (SSSR count). The highest BCUT2D eigenvalue weighted by atomic mass is 35.5. The van der Waals surface area contributed by atoms with E-state index < -0.39 is 0 Å². The molecule has 1 aromatic rings. The van der Waals surface area contributed by atoms with Crippen LogP contribution in [0, 0.1) is 5.92 Å². The number of carbonyl (C=O) groups is 1. The van der Waals surface area contributed by atoms with Crippen LogP contribution in [0.5, 0.6) is 0 Å². The van der Waals surface area contributed by atoms with E-state index in [1.807, 2.05) is 18.2 Å². The first-order valence-electron chi connectivity index (χ1n) is 6.58. The molecule has 2 unspecified atom stereocenters. The highest BCUT2D eigenvalue weighted by molar-refractivity contribution is 6.34. The average molecular weight is 266 g/mol. The fourth-order valence-electron chi connectivity index (χ4n) is 2.67. The van der Waals surface area contributed by atoms with E-state index >= 15 is 0 Å². The van der Waals surface area contributed by atoms with E-state index in [0.717, 1.165) is 12.2 Å². The van der Waals surface area contributed by atoms with Gasteiger partial charge in [0.15, 0.2) is 5.78 Å². The summed E-state index contributed by atoms with van der Waals surface area (Å²) in [6.07, 6.45) is 2.51. The normalized spacial score (nSPS) is 24.1. The van der Waals surface area contributed by atoms with Gasteiger partial charge in [0.05, 0.1) is 5.02 Å². The summed E-state index contributed by atoms with van der Waals surface area (Å²) in [5.41, 5.74) is 1.74. The molecule has 0 spiro atoms. The van der Waals surface area contributed by atoms with Gasteiger partial charge in [-0.05, 0) is 50.8 Å². The van der Waals surface area contributed by atoms with E-state index in [0.29, 0.717) is 22.5 Å². The van der Waals surface area contributed by atoms with Crippen molar-refractivity contribution in [2.45, 2.75) is 39.7 Å². The molecule has 0 bridgehead atoms. The van der Waals surface area contributed by atoms with E-state index in [1.165, 1.54) is 12.8 Å². The topological polar surface area (TPSA) is 20.3 Å². The van der Waals surface area contributed by atoms with Crippen molar-refractivity contribution >= 4 is 23.1 Å². The van der Waals surface area contributed by atoms with Gasteiger partial charge in [-0.25, -0.2) is 0 Å². The van der Waals surface area contributed by atoms with E-state index in [-0.39, 0.29) is 5.78 Å². The maximum atomic E-state index is 11.4. The van der Waals surface area contributed by atoms with Gasteiger partial charge in [0.2, 0.25) is 0 Å². The summed E-state index contributed by atoms with van der Waals surface area (Å²) in [4.78, 5) is 13.8. The number of carbonyl (C=O) groups excluding carboxylic acids is 1. The van der Waals surface area contributed by atoms with E-state index in [2.05, 4.69) is 18.7 Å². The van der Waals surface area contributed by atoms with Crippen LogP contribution in [0.25, 0.3) is 0 Å². The van der Waals surface area contributed by atoms with Crippen molar-refractivity contribution in [1.82, 2.24) is 0 Å². The second-order valence-electron chi connectivity index (χ2n) is 5.27. The monoisotopic (exact) mass is 265 g/mol. The zero-order valence-electron chi connectivity index (χ0n) is 11.2. The molecule has 1 saturated heterocycles. The first-order valence-corrected chi connectivity index (χ1v) is 6.95. The van der Waals surface area contributed by atoms with E-state index in [4.69, 9.17) is 11.6 Å². The molecule has 3 heteroatoms. The van der Waals surface area contributed by atoms with Gasteiger partial charge in [-0.1, -0.05) is 18.5 Å². The lowest BCUT2D eigenvalue weighted by Crippen LogP contribution is -2.42. The first-order chi connectivity index (χ1) is 8.50. The first kappa shape index (κ1) is 13.4. The van der Waals surface area contributed by atoms with Gasteiger partial charge in [-0.15, -0.1) is 0 Å². The molecule has 0 saturated carbocycles. The lowest BCUT2D eigenvalue weighted by molar-refractivity contribution is 0.101. The second-order valence-corrected chi connectivity index (χ2v) is 5.68. The summed E-state index contributed by atoms with van der Waals surface area (Å²) in [6, 6.07) is 6.30. The summed E-state index contributed by atoms with van der Waals surface area (Å²) in [5, 5.41) is 0.561. The molecule has 0 amide bonds. The van der Waals surface area contributed by atoms with Crippen molar-refractivity contribution in [3.8, 4) is 0 Å². The standard InChI is InChI=1S/C15H20ClNO/c1-10-5-4-8-17(11(10)2)13-6-7-14(12(3)18)15(16)9-13/h6-7,9-11H,4-5,8H2,1-3H3. The van der Waals surface area contributed by atoms with Crippen LogP contribution in [0.2, 0.25) is 5.02 Å². The summed E-state index contributed by atoms with van der Waals surface area (Å²) < 4.78 is 0. The minimum atomic E-state index is 0.0200. The molecule has 0 aromatic heterocycles. The van der Waals surface area contributed by atoms with E-state index in [1.54, 1.807) is 6.92 Å². The van der Waals surface area contributed by atoms with Crippen molar-refractivity contribution in [3.05, 3.63) is 28.8 Å². The number of ketones is 1. The van der Waals surface area contributed by atoms with Crippen LogP contribution in [0.4, 0.5) is 5.69 Å². The number of Topliss-reactive ketones (excluding diaryl/α,β-unsaturated/α-hetero) is 1. The van der Waals surface area contributed by atoms with Gasteiger partial charge in [-0.2, -0.15) is 0 Å². The number of piperidine rings is 1. The summed E-state index contributed by atoms with van der Waals surface area (Å²) >= 11 is 6.18. The number of nitrogens with zero attached hydrogens (tertiary/aromatic N) is 1. The number of benzene rings is 1. The molecule has 0 N–H and O–H groups in total.